The molecule has 0 fully saturated rings. The van der Waals surface area contributed by atoms with Crippen LogP contribution in [0.25, 0.3) is 5.69 Å². The van der Waals surface area contributed by atoms with E-state index in [4.69, 9.17) is 0 Å². The molecule has 1 heterocycles. The minimum absolute atomic E-state index is 0.111. The molecule has 0 saturated carbocycles. The zero-order valence-electron chi connectivity index (χ0n) is 15.2. The molecule has 9 nitrogen and oxygen atoms in total. The Kier molecular flexibility index (Phi) is 5.16. The number of benzene rings is 2. The van der Waals surface area contributed by atoms with Gasteiger partial charge in [0, 0.05) is 23.4 Å². The lowest BCUT2D eigenvalue weighted by Gasteiger charge is -2.01. The third kappa shape index (κ3) is 3.88. The molecular formula is C19H17N5O4. The van der Waals surface area contributed by atoms with Crippen molar-refractivity contribution in [2.75, 3.05) is 0 Å². The van der Waals surface area contributed by atoms with E-state index in [1.807, 2.05) is 31.2 Å². The first-order valence-electron chi connectivity index (χ1n) is 8.33. The van der Waals surface area contributed by atoms with Crippen molar-refractivity contribution in [1.82, 2.24) is 15.2 Å². The number of aromatic amines is 1. The molecule has 0 atom stereocenters. The molecule has 3 rings (SSSR count). The molecule has 0 unspecified atom stereocenters. The van der Waals surface area contributed by atoms with E-state index in [-0.39, 0.29) is 16.8 Å². The highest BCUT2D eigenvalue weighted by Crippen LogP contribution is 2.12. The van der Waals surface area contributed by atoms with E-state index in [1.54, 1.807) is 6.92 Å². The Morgan fingerprint density at radius 3 is 2.39 bits per heavy atom. The number of aromatic nitrogens is 2. The SMILES string of the molecule is Cc1ccc(-n2[nH]c(C)c(/C=N/NC(=O)c3ccc([N+](=O)[O-])cc3)c2=O)cc1. The van der Waals surface area contributed by atoms with Crippen LogP contribution in [0.3, 0.4) is 0 Å². The van der Waals surface area contributed by atoms with Crippen molar-refractivity contribution in [3.05, 3.63) is 91.4 Å². The number of carbonyl (C=O) groups excluding carboxylic acids is 1. The fourth-order valence-corrected chi connectivity index (χ4v) is 2.54. The van der Waals surface area contributed by atoms with Crippen molar-refractivity contribution in [3.63, 3.8) is 0 Å². The Morgan fingerprint density at radius 2 is 1.79 bits per heavy atom. The van der Waals surface area contributed by atoms with Gasteiger partial charge in [0.1, 0.15) is 0 Å². The first kappa shape index (κ1) is 18.8. The summed E-state index contributed by atoms with van der Waals surface area (Å²) in [6.07, 6.45) is 1.27. The Morgan fingerprint density at radius 1 is 1.14 bits per heavy atom. The predicted molar refractivity (Wildman–Crippen MR) is 104 cm³/mol. The van der Waals surface area contributed by atoms with Gasteiger partial charge in [-0.15, -0.1) is 0 Å². The molecule has 2 N–H and O–H groups in total. The predicted octanol–water partition coefficient (Wildman–Crippen LogP) is 2.45. The van der Waals surface area contributed by atoms with Gasteiger partial charge >= 0.3 is 0 Å². The number of nitro groups is 1. The summed E-state index contributed by atoms with van der Waals surface area (Å²) in [4.78, 5) is 34.7. The molecule has 28 heavy (non-hydrogen) atoms. The molecule has 0 aliphatic carbocycles. The van der Waals surface area contributed by atoms with Crippen LogP contribution < -0.4 is 11.0 Å². The summed E-state index contributed by atoms with van der Waals surface area (Å²) in [5.74, 6) is -0.543. The minimum atomic E-state index is -0.548. The number of nitrogens with one attached hydrogen (secondary N) is 2. The van der Waals surface area contributed by atoms with Gasteiger partial charge in [-0.05, 0) is 38.1 Å². The van der Waals surface area contributed by atoms with Crippen LogP contribution in [0, 0.1) is 24.0 Å². The average Bonchev–Trinajstić information content (AvgIpc) is 2.96. The van der Waals surface area contributed by atoms with E-state index < -0.39 is 10.8 Å². The van der Waals surface area contributed by atoms with Crippen LogP contribution in [0.4, 0.5) is 5.69 Å². The molecule has 3 aromatic rings. The highest BCUT2D eigenvalue weighted by molar-refractivity contribution is 5.95. The van der Waals surface area contributed by atoms with Gasteiger partial charge in [0.05, 0.1) is 22.4 Å². The Balaban J connectivity index is 1.75. The number of carbonyl (C=O) groups is 1. The van der Waals surface area contributed by atoms with Gasteiger partial charge in [-0.1, -0.05) is 17.7 Å². The maximum atomic E-state index is 12.6. The van der Waals surface area contributed by atoms with Crippen LogP contribution >= 0.6 is 0 Å². The molecule has 0 saturated heterocycles. The molecule has 0 spiro atoms. The molecule has 142 valence electrons. The summed E-state index contributed by atoms with van der Waals surface area (Å²) >= 11 is 0. The quantitative estimate of drug-likeness (QED) is 0.401. The van der Waals surface area contributed by atoms with Crippen LogP contribution in [-0.2, 0) is 0 Å². The summed E-state index contributed by atoms with van der Waals surface area (Å²) in [5, 5.41) is 17.4. The number of non-ortho nitro benzene ring substituents is 1. The summed E-state index contributed by atoms with van der Waals surface area (Å²) in [7, 11) is 0. The third-order valence-corrected chi connectivity index (χ3v) is 4.11. The normalized spacial score (nSPS) is 10.9. The first-order valence-corrected chi connectivity index (χ1v) is 8.33. The lowest BCUT2D eigenvalue weighted by Crippen LogP contribution is -2.20. The van der Waals surface area contributed by atoms with Crippen LogP contribution in [0.5, 0.6) is 0 Å². The number of amides is 1. The van der Waals surface area contributed by atoms with Crippen LogP contribution in [0.1, 0.15) is 27.2 Å². The second-order valence-corrected chi connectivity index (χ2v) is 6.13. The van der Waals surface area contributed by atoms with E-state index in [0.29, 0.717) is 16.9 Å². The lowest BCUT2D eigenvalue weighted by atomic mass is 10.2. The van der Waals surface area contributed by atoms with Gasteiger partial charge in [0.15, 0.2) is 0 Å². The molecule has 2 aromatic carbocycles. The molecular weight excluding hydrogens is 362 g/mol. The van der Waals surface area contributed by atoms with Crippen LogP contribution in [0.15, 0.2) is 58.4 Å². The molecule has 0 aliphatic heterocycles. The maximum Gasteiger partial charge on any atom is 0.280 e. The number of hydrogen-bond donors (Lipinski definition) is 2. The highest BCUT2D eigenvalue weighted by atomic mass is 16.6. The van der Waals surface area contributed by atoms with E-state index in [2.05, 4.69) is 15.6 Å². The fraction of sp³-hybridized carbons (Fsp3) is 0.105. The van der Waals surface area contributed by atoms with E-state index in [0.717, 1.165) is 5.56 Å². The van der Waals surface area contributed by atoms with Crippen LogP contribution in [0.2, 0.25) is 0 Å². The Bertz CT molecular complexity index is 1110. The van der Waals surface area contributed by atoms with Crippen molar-refractivity contribution in [2.45, 2.75) is 13.8 Å². The lowest BCUT2D eigenvalue weighted by molar-refractivity contribution is -0.384. The largest absolute Gasteiger partial charge is 0.295 e. The van der Waals surface area contributed by atoms with Crippen molar-refractivity contribution < 1.29 is 9.72 Å². The maximum absolute atomic E-state index is 12.6. The monoisotopic (exact) mass is 379 g/mol. The van der Waals surface area contributed by atoms with Crippen molar-refractivity contribution >= 4 is 17.8 Å². The average molecular weight is 379 g/mol. The fourth-order valence-electron chi connectivity index (χ4n) is 2.54. The zero-order chi connectivity index (χ0) is 20.3. The smallest absolute Gasteiger partial charge is 0.280 e. The standard InChI is InChI=1S/C19H17N5O4/c1-12-3-7-15(8-4-12)23-19(26)17(13(2)22-23)11-20-21-18(25)14-5-9-16(10-6-14)24(27)28/h3-11,22H,1-2H3,(H,21,25)/b20-11+. The summed E-state index contributed by atoms with van der Waals surface area (Å²) < 4.78 is 1.40. The van der Waals surface area contributed by atoms with Gasteiger partial charge < -0.3 is 0 Å². The van der Waals surface area contributed by atoms with Gasteiger partial charge in [0.2, 0.25) is 0 Å². The summed E-state index contributed by atoms with van der Waals surface area (Å²) in [5.41, 5.74) is 4.78. The van der Waals surface area contributed by atoms with E-state index in [9.17, 15) is 19.7 Å². The zero-order valence-corrected chi connectivity index (χ0v) is 15.2. The minimum Gasteiger partial charge on any atom is -0.295 e. The van der Waals surface area contributed by atoms with Gasteiger partial charge in [0.25, 0.3) is 17.2 Å². The Hall–Kier alpha value is -4.01. The second-order valence-electron chi connectivity index (χ2n) is 6.13. The first-order chi connectivity index (χ1) is 13.4. The Labute approximate surface area is 159 Å². The number of nitrogens with zero attached hydrogens (tertiary/aromatic N) is 3. The van der Waals surface area contributed by atoms with Crippen molar-refractivity contribution in [3.8, 4) is 5.69 Å². The van der Waals surface area contributed by atoms with Crippen molar-refractivity contribution in [2.24, 2.45) is 5.10 Å². The summed E-state index contributed by atoms with van der Waals surface area (Å²) in [6, 6.07) is 12.6. The number of nitro benzene ring substituents is 1. The molecule has 1 amide bonds. The molecule has 0 bridgehead atoms. The van der Waals surface area contributed by atoms with E-state index >= 15 is 0 Å². The number of aryl methyl sites for hydroxylation is 2. The van der Waals surface area contributed by atoms with Gasteiger partial charge in [-0.2, -0.15) is 5.10 Å². The highest BCUT2D eigenvalue weighted by Gasteiger charge is 2.12. The number of hydrazone groups is 1. The summed E-state index contributed by atoms with van der Waals surface area (Å²) in [6.45, 7) is 3.68. The molecule has 1 aromatic heterocycles. The van der Waals surface area contributed by atoms with Crippen molar-refractivity contribution in [1.29, 1.82) is 0 Å². The third-order valence-electron chi connectivity index (χ3n) is 4.11. The van der Waals surface area contributed by atoms with Gasteiger partial charge in [-0.25, -0.2) is 10.1 Å². The molecule has 0 radical (unpaired) electrons. The second kappa shape index (κ2) is 7.70. The van der Waals surface area contributed by atoms with Gasteiger partial charge in [-0.3, -0.25) is 24.8 Å². The molecule has 9 heteroatoms. The molecule has 0 aliphatic rings. The number of rotatable bonds is 5. The topological polar surface area (TPSA) is 122 Å². The van der Waals surface area contributed by atoms with Crippen LogP contribution in [-0.4, -0.2) is 26.8 Å². The number of hydrogen-bond acceptors (Lipinski definition) is 5. The number of H-pyrrole nitrogens is 1. The van der Waals surface area contributed by atoms with E-state index in [1.165, 1.54) is 35.2 Å².